The van der Waals surface area contributed by atoms with Crippen molar-refractivity contribution in [1.29, 1.82) is 0 Å². The van der Waals surface area contributed by atoms with Gasteiger partial charge in [-0.2, -0.15) is 11.2 Å². The number of nitrogens with zero attached hydrogens (tertiary/aromatic N) is 7. The van der Waals surface area contributed by atoms with E-state index < -0.39 is 0 Å². The summed E-state index contributed by atoms with van der Waals surface area (Å²) in [6, 6.07) is 34.1. The summed E-state index contributed by atoms with van der Waals surface area (Å²) in [5.74, 6) is 1.83. The minimum Gasteiger partial charge on any atom is -0.503 e. The number of fused-ring (bicyclic) bond motifs is 9. The molecule has 0 unspecified atom stereocenters. The Balaban J connectivity index is 0.00000264. The third kappa shape index (κ3) is 3.49. The molecule has 0 spiro atoms. The third-order valence-electron chi connectivity index (χ3n) is 6.91. The Morgan fingerprint density at radius 1 is 0.775 bits per heavy atom. The summed E-state index contributed by atoms with van der Waals surface area (Å²) in [5, 5.41) is 16.7. The molecular formula is C31H15N7OPt. The first kappa shape index (κ1) is 24.0. The fourth-order valence-electron chi connectivity index (χ4n) is 5.27. The van der Waals surface area contributed by atoms with Gasteiger partial charge in [0.05, 0.1) is 6.57 Å². The molecule has 0 atom stereocenters. The van der Waals surface area contributed by atoms with E-state index in [2.05, 4.69) is 54.2 Å². The Morgan fingerprint density at radius 3 is 2.42 bits per heavy atom. The molecule has 0 amide bonds. The molecule has 0 aliphatic carbocycles. The van der Waals surface area contributed by atoms with E-state index >= 15 is 0 Å². The second kappa shape index (κ2) is 9.26. The largest absolute Gasteiger partial charge is 2.00 e. The molecule has 8 nitrogen and oxygen atoms in total. The molecular weight excluding hydrogens is 681 g/mol. The van der Waals surface area contributed by atoms with Gasteiger partial charge in [-0.1, -0.05) is 53.4 Å². The average molecular weight is 697 g/mol. The van der Waals surface area contributed by atoms with Crippen LogP contribution >= 0.6 is 0 Å². The number of hydrogen-bond acceptors (Lipinski definition) is 5. The number of para-hydroxylation sites is 1. The quantitative estimate of drug-likeness (QED) is 0.149. The molecule has 190 valence electrons. The number of ether oxygens (including phenoxy) is 1. The summed E-state index contributed by atoms with van der Waals surface area (Å²) < 4.78 is 10.0. The van der Waals surface area contributed by atoms with Gasteiger partial charge in [0.15, 0.2) is 5.69 Å². The van der Waals surface area contributed by atoms with Crippen molar-refractivity contribution in [3.63, 3.8) is 0 Å². The number of rotatable bonds is 3. The molecule has 0 aliphatic rings. The standard InChI is InChI=1S/C31H15N7O.Pt/c1-32-25-8-6-10-27-30(25)23-15-13-19(17-24(23)31-34-35-36-38(27)31)39-20-12-14-22-21-7-2-3-9-26(21)37(28(22)18-20)29-11-4-5-16-33-29;/h2-16H;/q-2;+2. The smallest absolute Gasteiger partial charge is 0.503 e. The minimum absolute atomic E-state index is 0. The van der Waals surface area contributed by atoms with Crippen LogP contribution in [0.25, 0.3) is 59.8 Å². The van der Waals surface area contributed by atoms with E-state index in [9.17, 15) is 0 Å². The van der Waals surface area contributed by atoms with Crippen molar-refractivity contribution in [2.75, 3.05) is 0 Å². The molecule has 4 aromatic carbocycles. The normalized spacial score (nSPS) is 11.3. The minimum atomic E-state index is 0. The van der Waals surface area contributed by atoms with E-state index in [1.54, 1.807) is 16.8 Å². The molecule has 4 aromatic heterocycles. The van der Waals surface area contributed by atoms with Gasteiger partial charge in [-0.15, -0.1) is 35.0 Å². The maximum absolute atomic E-state index is 7.67. The number of tetrazole rings is 1. The SMILES string of the molecule is [C-]#[N+]c1cccc2c1c1ccc(Oc3[c-]c4c(cc3)c3ccccc3n4-c3ccccn3)[c-]c1c1nnnn21.[Pt+2]. The van der Waals surface area contributed by atoms with Crippen molar-refractivity contribution in [2.45, 2.75) is 0 Å². The van der Waals surface area contributed by atoms with E-state index in [0.29, 0.717) is 28.2 Å². The van der Waals surface area contributed by atoms with Gasteiger partial charge < -0.3 is 9.30 Å². The Kier molecular flexibility index (Phi) is 5.55. The van der Waals surface area contributed by atoms with Crippen LogP contribution in [-0.4, -0.2) is 29.6 Å². The molecule has 0 radical (unpaired) electrons. The fourth-order valence-corrected chi connectivity index (χ4v) is 5.27. The molecule has 0 N–H and O–H groups in total. The maximum Gasteiger partial charge on any atom is 2.00 e. The van der Waals surface area contributed by atoms with Crippen molar-refractivity contribution < 1.29 is 25.8 Å². The number of pyridine rings is 2. The third-order valence-corrected chi connectivity index (χ3v) is 6.91. The van der Waals surface area contributed by atoms with Gasteiger partial charge in [0.2, 0.25) is 0 Å². The number of benzene rings is 4. The second-order valence-corrected chi connectivity index (χ2v) is 9.04. The zero-order chi connectivity index (χ0) is 25.9. The fraction of sp³-hybridized carbons (Fsp3) is 0. The van der Waals surface area contributed by atoms with E-state index in [1.165, 1.54) is 0 Å². The van der Waals surface area contributed by atoms with Crippen molar-refractivity contribution in [3.8, 4) is 17.3 Å². The Hall–Kier alpha value is -5.12. The van der Waals surface area contributed by atoms with Gasteiger partial charge in [0, 0.05) is 28.7 Å². The number of hydrogen-bond donors (Lipinski definition) is 0. The molecule has 0 fully saturated rings. The van der Waals surface area contributed by atoms with E-state index in [0.717, 1.165) is 43.9 Å². The van der Waals surface area contributed by atoms with Crippen molar-refractivity contribution in [3.05, 3.63) is 115 Å². The monoisotopic (exact) mass is 696 g/mol. The topological polar surface area (TPSA) is 74.5 Å². The predicted octanol–water partition coefficient (Wildman–Crippen LogP) is 6.86. The molecule has 8 aromatic rings. The molecule has 8 rings (SSSR count). The summed E-state index contributed by atoms with van der Waals surface area (Å²) in [5.41, 5.74) is 3.74. The van der Waals surface area contributed by atoms with Gasteiger partial charge in [0.25, 0.3) is 0 Å². The first-order valence-corrected chi connectivity index (χ1v) is 12.2. The van der Waals surface area contributed by atoms with E-state index in [-0.39, 0.29) is 21.1 Å². The Labute approximate surface area is 241 Å². The van der Waals surface area contributed by atoms with Crippen LogP contribution in [0.5, 0.6) is 11.5 Å². The Morgan fingerprint density at radius 2 is 1.57 bits per heavy atom. The van der Waals surface area contributed by atoms with Gasteiger partial charge in [0.1, 0.15) is 11.5 Å². The number of aromatic nitrogens is 6. The van der Waals surface area contributed by atoms with Gasteiger partial charge in [-0.3, -0.25) is 0 Å². The Bertz CT molecular complexity index is 2280. The summed E-state index contributed by atoms with van der Waals surface area (Å²) in [7, 11) is 0. The zero-order valence-corrected chi connectivity index (χ0v) is 22.8. The van der Waals surface area contributed by atoms with Crippen LogP contribution in [0.4, 0.5) is 5.69 Å². The van der Waals surface area contributed by atoms with Crippen LogP contribution in [0.1, 0.15) is 0 Å². The molecule has 0 aliphatic heterocycles. The van der Waals surface area contributed by atoms with Crippen molar-refractivity contribution >= 4 is 54.8 Å². The van der Waals surface area contributed by atoms with Crippen LogP contribution in [0.2, 0.25) is 0 Å². The van der Waals surface area contributed by atoms with Crippen LogP contribution < -0.4 is 4.74 Å². The van der Waals surface area contributed by atoms with Gasteiger partial charge >= 0.3 is 21.1 Å². The van der Waals surface area contributed by atoms with Gasteiger partial charge in [-0.05, 0) is 45.5 Å². The zero-order valence-electron chi connectivity index (χ0n) is 20.5. The van der Waals surface area contributed by atoms with Gasteiger partial charge in [-0.25, -0.2) is 14.3 Å². The summed E-state index contributed by atoms with van der Waals surface area (Å²) in [4.78, 5) is 8.31. The van der Waals surface area contributed by atoms with Crippen LogP contribution in [0.3, 0.4) is 0 Å². The van der Waals surface area contributed by atoms with Crippen molar-refractivity contribution in [1.82, 2.24) is 29.6 Å². The van der Waals surface area contributed by atoms with Crippen molar-refractivity contribution in [2.24, 2.45) is 0 Å². The first-order valence-electron chi connectivity index (χ1n) is 12.2. The molecule has 9 heteroatoms. The summed E-state index contributed by atoms with van der Waals surface area (Å²) >= 11 is 0. The maximum atomic E-state index is 7.67. The molecule has 0 saturated heterocycles. The predicted molar refractivity (Wildman–Crippen MR) is 148 cm³/mol. The van der Waals surface area contributed by atoms with Crippen LogP contribution in [-0.2, 0) is 21.1 Å². The summed E-state index contributed by atoms with van der Waals surface area (Å²) in [6.45, 7) is 7.67. The summed E-state index contributed by atoms with van der Waals surface area (Å²) in [6.07, 6.45) is 1.78. The van der Waals surface area contributed by atoms with E-state index in [1.807, 2.05) is 66.7 Å². The van der Waals surface area contributed by atoms with Crippen LogP contribution in [0, 0.1) is 18.7 Å². The molecule has 40 heavy (non-hydrogen) atoms. The molecule has 0 bridgehead atoms. The van der Waals surface area contributed by atoms with E-state index in [4.69, 9.17) is 11.3 Å². The van der Waals surface area contributed by atoms with Crippen LogP contribution in [0.15, 0.2) is 91.1 Å². The molecule has 4 heterocycles. The average Bonchev–Trinajstić information content (AvgIpc) is 3.61. The second-order valence-electron chi connectivity index (χ2n) is 9.04. The first-order chi connectivity index (χ1) is 19.3. The molecule has 0 saturated carbocycles.